The summed E-state index contributed by atoms with van der Waals surface area (Å²) in [7, 11) is 0. The molecule has 1 aromatic carbocycles. The Hall–Kier alpha value is -3.62. The van der Waals surface area contributed by atoms with Crippen LogP contribution in [0.1, 0.15) is 29.1 Å². The third kappa shape index (κ3) is 3.58. The highest BCUT2D eigenvalue weighted by Gasteiger charge is 2.14. The molecule has 4 rings (SSSR count). The highest BCUT2D eigenvalue weighted by atomic mass is 16.5. The molecule has 9 nitrogen and oxygen atoms in total. The fourth-order valence-corrected chi connectivity index (χ4v) is 3.34. The number of hydrogen-bond donors (Lipinski definition) is 0. The van der Waals surface area contributed by atoms with Gasteiger partial charge in [0.05, 0.1) is 11.1 Å². The highest BCUT2D eigenvalue weighted by molar-refractivity contribution is 5.76. The molecule has 0 bridgehead atoms. The van der Waals surface area contributed by atoms with Gasteiger partial charge < -0.3 is 4.74 Å². The number of nitrogens with zero attached hydrogens (tertiary/aromatic N) is 6. The maximum atomic E-state index is 12.4. The van der Waals surface area contributed by atoms with E-state index in [0.29, 0.717) is 17.3 Å². The second-order valence-corrected chi connectivity index (χ2v) is 6.87. The Morgan fingerprint density at radius 3 is 2.79 bits per heavy atom. The summed E-state index contributed by atoms with van der Waals surface area (Å²) in [6, 6.07) is 8.81. The fraction of sp³-hybridized carbons (Fsp3) is 0.300. The van der Waals surface area contributed by atoms with Gasteiger partial charge in [0.2, 0.25) is 0 Å². The van der Waals surface area contributed by atoms with Gasteiger partial charge in [-0.05, 0) is 44.9 Å². The molecular weight excluding hydrogens is 372 g/mol. The van der Waals surface area contributed by atoms with Crippen LogP contribution in [0, 0.1) is 20.8 Å². The standard InChI is InChI=1S/C20H20N6O3/c1-12-10-18-21-13(2)15(14(3)26(18)23-12)8-9-19(27)29-11-25-20(28)16-6-4-5-7-17(16)22-24-25/h4-7,10H,8-9,11H2,1-3H3. The maximum absolute atomic E-state index is 12.4. The van der Waals surface area contributed by atoms with E-state index in [1.807, 2.05) is 26.8 Å². The van der Waals surface area contributed by atoms with Crippen LogP contribution < -0.4 is 5.56 Å². The number of rotatable bonds is 5. The summed E-state index contributed by atoms with van der Waals surface area (Å²) in [5, 5.41) is 12.7. The van der Waals surface area contributed by atoms with Gasteiger partial charge in [0.15, 0.2) is 12.4 Å². The van der Waals surface area contributed by atoms with E-state index in [9.17, 15) is 9.59 Å². The van der Waals surface area contributed by atoms with Crippen molar-refractivity contribution in [3.05, 3.63) is 63.3 Å². The van der Waals surface area contributed by atoms with Crippen LogP contribution in [-0.2, 0) is 22.7 Å². The Morgan fingerprint density at radius 1 is 1.17 bits per heavy atom. The number of aromatic nitrogens is 6. The summed E-state index contributed by atoms with van der Waals surface area (Å²) in [6.45, 7) is 5.51. The first-order chi connectivity index (χ1) is 13.9. The van der Waals surface area contributed by atoms with Crippen molar-refractivity contribution >= 4 is 22.5 Å². The minimum Gasteiger partial charge on any atom is -0.442 e. The molecule has 3 heterocycles. The predicted octanol–water partition coefficient (Wildman–Crippen LogP) is 1.89. The van der Waals surface area contributed by atoms with Crippen molar-refractivity contribution in [3.63, 3.8) is 0 Å². The second-order valence-electron chi connectivity index (χ2n) is 6.87. The number of benzene rings is 1. The van der Waals surface area contributed by atoms with Crippen LogP contribution in [0.25, 0.3) is 16.6 Å². The van der Waals surface area contributed by atoms with Crippen molar-refractivity contribution in [1.29, 1.82) is 0 Å². The van der Waals surface area contributed by atoms with Gasteiger partial charge in [-0.3, -0.25) is 9.59 Å². The summed E-state index contributed by atoms with van der Waals surface area (Å²) in [6.07, 6.45) is 0.627. The Balaban J connectivity index is 1.44. The van der Waals surface area contributed by atoms with Crippen LogP contribution in [0.5, 0.6) is 0 Å². The number of carbonyl (C=O) groups excluding carboxylic acids is 1. The van der Waals surface area contributed by atoms with Crippen LogP contribution in [0.2, 0.25) is 0 Å². The van der Waals surface area contributed by atoms with Crippen LogP contribution in [0.3, 0.4) is 0 Å². The summed E-state index contributed by atoms with van der Waals surface area (Å²) < 4.78 is 8.05. The summed E-state index contributed by atoms with van der Waals surface area (Å²) in [5.41, 5.74) is 4.60. The molecule has 3 aromatic heterocycles. The molecule has 0 unspecified atom stereocenters. The average Bonchev–Trinajstić information content (AvgIpc) is 3.08. The first kappa shape index (κ1) is 18.7. The van der Waals surface area contributed by atoms with Crippen LogP contribution >= 0.6 is 0 Å². The smallest absolute Gasteiger partial charge is 0.307 e. The largest absolute Gasteiger partial charge is 0.442 e. The minimum absolute atomic E-state index is 0.158. The first-order valence-electron chi connectivity index (χ1n) is 9.24. The van der Waals surface area contributed by atoms with Gasteiger partial charge >= 0.3 is 5.97 Å². The van der Waals surface area contributed by atoms with E-state index in [1.54, 1.807) is 28.8 Å². The lowest BCUT2D eigenvalue weighted by atomic mass is 10.1. The van der Waals surface area contributed by atoms with E-state index in [0.717, 1.165) is 33.0 Å². The van der Waals surface area contributed by atoms with Gasteiger partial charge in [-0.25, -0.2) is 9.50 Å². The van der Waals surface area contributed by atoms with Crippen molar-refractivity contribution in [2.45, 2.75) is 40.3 Å². The molecule has 0 spiro atoms. The lowest BCUT2D eigenvalue weighted by Gasteiger charge is -2.11. The van der Waals surface area contributed by atoms with Gasteiger partial charge in [-0.1, -0.05) is 17.3 Å². The quantitative estimate of drug-likeness (QED) is 0.478. The monoisotopic (exact) mass is 392 g/mol. The molecule has 0 radical (unpaired) electrons. The number of carbonyl (C=O) groups is 1. The lowest BCUT2D eigenvalue weighted by Crippen LogP contribution is -2.26. The van der Waals surface area contributed by atoms with E-state index in [-0.39, 0.29) is 18.7 Å². The van der Waals surface area contributed by atoms with Crippen molar-refractivity contribution in [1.82, 2.24) is 29.6 Å². The SMILES string of the molecule is Cc1cc2nc(C)c(CCC(=O)OCn3nnc4ccccc4c3=O)c(C)n2n1. The molecule has 0 amide bonds. The molecule has 0 aliphatic carbocycles. The highest BCUT2D eigenvalue weighted by Crippen LogP contribution is 2.17. The van der Waals surface area contributed by atoms with Crippen molar-refractivity contribution in [2.24, 2.45) is 0 Å². The normalized spacial score (nSPS) is 11.3. The Morgan fingerprint density at radius 2 is 1.97 bits per heavy atom. The Kier molecular flexibility index (Phi) is 4.79. The molecular formula is C20H20N6O3. The zero-order valence-corrected chi connectivity index (χ0v) is 16.4. The number of fused-ring (bicyclic) bond motifs is 2. The lowest BCUT2D eigenvalue weighted by molar-refractivity contribution is -0.148. The predicted molar refractivity (Wildman–Crippen MR) is 105 cm³/mol. The minimum atomic E-state index is -0.428. The zero-order chi connectivity index (χ0) is 20.5. The molecule has 0 saturated heterocycles. The van der Waals surface area contributed by atoms with E-state index in [4.69, 9.17) is 4.74 Å². The number of ether oxygens (including phenoxy) is 1. The number of esters is 1. The molecule has 0 atom stereocenters. The molecule has 0 N–H and O–H groups in total. The molecule has 148 valence electrons. The average molecular weight is 392 g/mol. The van der Waals surface area contributed by atoms with E-state index >= 15 is 0 Å². The van der Waals surface area contributed by atoms with Crippen molar-refractivity contribution in [3.8, 4) is 0 Å². The van der Waals surface area contributed by atoms with Gasteiger partial charge in [0.25, 0.3) is 5.56 Å². The molecule has 0 aliphatic heterocycles. The fourth-order valence-electron chi connectivity index (χ4n) is 3.34. The van der Waals surface area contributed by atoms with Crippen LogP contribution in [0.15, 0.2) is 35.1 Å². The molecule has 9 heteroatoms. The number of hydrogen-bond acceptors (Lipinski definition) is 7. The van der Waals surface area contributed by atoms with E-state index < -0.39 is 5.97 Å². The van der Waals surface area contributed by atoms with Gasteiger partial charge in [-0.2, -0.15) is 9.78 Å². The molecule has 0 aliphatic rings. The summed E-state index contributed by atoms with van der Waals surface area (Å²) in [4.78, 5) is 29.2. The van der Waals surface area contributed by atoms with Gasteiger partial charge in [-0.15, -0.1) is 5.10 Å². The second kappa shape index (κ2) is 7.42. The van der Waals surface area contributed by atoms with E-state index in [1.165, 1.54) is 0 Å². The van der Waals surface area contributed by atoms with Gasteiger partial charge in [0.1, 0.15) is 5.52 Å². The van der Waals surface area contributed by atoms with Crippen molar-refractivity contribution in [2.75, 3.05) is 0 Å². The molecule has 0 fully saturated rings. The summed E-state index contributed by atoms with van der Waals surface area (Å²) >= 11 is 0. The molecule has 0 saturated carbocycles. The van der Waals surface area contributed by atoms with Gasteiger partial charge in [0, 0.05) is 23.9 Å². The Labute approximate surface area is 165 Å². The molecule has 29 heavy (non-hydrogen) atoms. The maximum Gasteiger partial charge on any atom is 0.307 e. The third-order valence-corrected chi connectivity index (χ3v) is 4.84. The van der Waals surface area contributed by atoms with Crippen LogP contribution in [-0.4, -0.2) is 35.6 Å². The number of aryl methyl sites for hydroxylation is 3. The Bertz CT molecular complexity index is 1290. The topological polar surface area (TPSA) is 104 Å². The van der Waals surface area contributed by atoms with Crippen molar-refractivity contribution < 1.29 is 9.53 Å². The zero-order valence-electron chi connectivity index (χ0n) is 16.4. The molecule has 4 aromatic rings. The first-order valence-corrected chi connectivity index (χ1v) is 9.24. The third-order valence-electron chi connectivity index (χ3n) is 4.84. The van der Waals surface area contributed by atoms with Crippen LogP contribution in [0.4, 0.5) is 0 Å². The van der Waals surface area contributed by atoms with E-state index in [2.05, 4.69) is 20.4 Å². The summed E-state index contributed by atoms with van der Waals surface area (Å²) in [5.74, 6) is -0.428.